The van der Waals surface area contributed by atoms with Crippen LogP contribution in [0.25, 0.3) is 0 Å². The van der Waals surface area contributed by atoms with Crippen LogP contribution in [0.2, 0.25) is 0 Å². The van der Waals surface area contributed by atoms with E-state index in [1.165, 1.54) is 11.1 Å². The molecule has 3 rings (SSSR count). The van der Waals surface area contributed by atoms with Crippen LogP contribution in [0.15, 0.2) is 48.8 Å². The van der Waals surface area contributed by atoms with Gasteiger partial charge in [-0.05, 0) is 61.1 Å². The first kappa shape index (κ1) is 17.6. The quantitative estimate of drug-likeness (QED) is 0.845. The Kier molecular flexibility index (Phi) is 6.18. The summed E-state index contributed by atoms with van der Waals surface area (Å²) < 4.78 is 0. The van der Waals surface area contributed by atoms with E-state index in [1.807, 2.05) is 12.1 Å². The van der Waals surface area contributed by atoms with Gasteiger partial charge in [-0.2, -0.15) is 0 Å². The Labute approximate surface area is 150 Å². The number of hydrogen-bond acceptors (Lipinski definition) is 3. The predicted molar refractivity (Wildman–Crippen MR) is 100 cm³/mol. The van der Waals surface area contributed by atoms with E-state index in [-0.39, 0.29) is 5.91 Å². The standard InChI is InChI=1S/C21H27N3O/c1-17-4-2-3-5-20(17)16-24-13-10-19(15-24)14-23-21(25)7-6-18-8-11-22-12-9-18/h2-5,8-9,11-12,19H,6-7,10,13-16H2,1H3,(H,23,25)/t19-/m0/s1. The Bertz CT molecular complexity index is 687. The molecule has 4 heteroatoms. The number of pyridine rings is 1. The molecule has 0 aliphatic carbocycles. The zero-order valence-electron chi connectivity index (χ0n) is 14.9. The third-order valence-corrected chi connectivity index (χ3v) is 5.00. The fourth-order valence-corrected chi connectivity index (χ4v) is 3.41. The SMILES string of the molecule is Cc1ccccc1CN1CC[C@@H](CNC(=O)CCc2ccncc2)C1. The van der Waals surface area contributed by atoms with Crippen molar-refractivity contribution in [3.05, 3.63) is 65.5 Å². The molecule has 1 aliphatic rings. The van der Waals surface area contributed by atoms with Crippen LogP contribution < -0.4 is 5.32 Å². The third-order valence-electron chi connectivity index (χ3n) is 5.00. The molecule has 1 N–H and O–H groups in total. The number of rotatable bonds is 7. The number of benzene rings is 1. The molecule has 1 aliphatic heterocycles. The van der Waals surface area contributed by atoms with E-state index < -0.39 is 0 Å². The molecule has 1 fully saturated rings. The molecule has 0 radical (unpaired) electrons. The van der Waals surface area contributed by atoms with Crippen molar-refractivity contribution in [2.75, 3.05) is 19.6 Å². The molecule has 2 heterocycles. The number of carbonyl (C=O) groups excluding carboxylic acids is 1. The minimum atomic E-state index is 0.147. The number of aromatic nitrogens is 1. The fourth-order valence-electron chi connectivity index (χ4n) is 3.41. The van der Waals surface area contributed by atoms with Crippen molar-refractivity contribution in [2.24, 2.45) is 5.92 Å². The lowest BCUT2D eigenvalue weighted by atomic mass is 10.1. The predicted octanol–water partition coefficient (Wildman–Crippen LogP) is 2.96. The van der Waals surface area contributed by atoms with Gasteiger partial charge in [0.25, 0.3) is 0 Å². The minimum absolute atomic E-state index is 0.147. The zero-order chi connectivity index (χ0) is 17.5. The van der Waals surface area contributed by atoms with Gasteiger partial charge >= 0.3 is 0 Å². The summed E-state index contributed by atoms with van der Waals surface area (Å²) in [5.74, 6) is 0.711. The van der Waals surface area contributed by atoms with Gasteiger partial charge in [-0.1, -0.05) is 24.3 Å². The maximum Gasteiger partial charge on any atom is 0.220 e. The highest BCUT2D eigenvalue weighted by Crippen LogP contribution is 2.19. The van der Waals surface area contributed by atoms with Crippen LogP contribution in [0.1, 0.15) is 29.5 Å². The van der Waals surface area contributed by atoms with E-state index >= 15 is 0 Å². The van der Waals surface area contributed by atoms with Crippen LogP contribution >= 0.6 is 0 Å². The van der Waals surface area contributed by atoms with Crippen molar-refractivity contribution in [1.29, 1.82) is 0 Å². The van der Waals surface area contributed by atoms with Crippen LogP contribution in [0.3, 0.4) is 0 Å². The van der Waals surface area contributed by atoms with Crippen molar-refractivity contribution in [3.63, 3.8) is 0 Å². The van der Waals surface area contributed by atoms with Crippen molar-refractivity contribution in [2.45, 2.75) is 32.7 Å². The number of carbonyl (C=O) groups is 1. The van der Waals surface area contributed by atoms with Gasteiger partial charge in [-0.25, -0.2) is 0 Å². The first-order chi connectivity index (χ1) is 12.2. The third kappa shape index (κ3) is 5.40. The zero-order valence-corrected chi connectivity index (χ0v) is 14.9. The normalized spacial score (nSPS) is 17.6. The van der Waals surface area contributed by atoms with Crippen molar-refractivity contribution in [3.8, 4) is 0 Å². The second kappa shape index (κ2) is 8.77. The highest BCUT2D eigenvalue weighted by molar-refractivity contribution is 5.76. The summed E-state index contributed by atoms with van der Waals surface area (Å²) in [4.78, 5) is 18.5. The first-order valence-electron chi connectivity index (χ1n) is 9.13. The maximum absolute atomic E-state index is 12.0. The smallest absolute Gasteiger partial charge is 0.220 e. The van der Waals surface area contributed by atoms with Crippen LogP contribution in [0, 0.1) is 12.8 Å². The maximum atomic E-state index is 12.0. The van der Waals surface area contributed by atoms with E-state index in [0.717, 1.165) is 44.6 Å². The molecule has 4 nitrogen and oxygen atoms in total. The number of likely N-dealkylation sites (tertiary alicyclic amines) is 1. The van der Waals surface area contributed by atoms with E-state index in [9.17, 15) is 4.79 Å². The molecule has 1 saturated heterocycles. The van der Waals surface area contributed by atoms with E-state index in [1.54, 1.807) is 12.4 Å². The van der Waals surface area contributed by atoms with Crippen LogP contribution in [0.4, 0.5) is 0 Å². The van der Waals surface area contributed by atoms with Crippen molar-refractivity contribution in [1.82, 2.24) is 15.2 Å². The minimum Gasteiger partial charge on any atom is -0.356 e. The van der Waals surface area contributed by atoms with Gasteiger partial charge in [0, 0.05) is 38.4 Å². The lowest BCUT2D eigenvalue weighted by Gasteiger charge is -2.17. The average molecular weight is 337 g/mol. The van der Waals surface area contributed by atoms with Crippen LogP contribution in [-0.2, 0) is 17.8 Å². The Morgan fingerprint density at radius 2 is 2.04 bits per heavy atom. The molecule has 1 aromatic heterocycles. The number of nitrogens with zero attached hydrogens (tertiary/aromatic N) is 2. The molecule has 0 spiro atoms. The Balaban J connectivity index is 1.37. The van der Waals surface area contributed by atoms with Crippen LogP contribution in [0.5, 0.6) is 0 Å². The van der Waals surface area contributed by atoms with Crippen molar-refractivity contribution < 1.29 is 4.79 Å². The summed E-state index contributed by atoms with van der Waals surface area (Å²) >= 11 is 0. The largest absolute Gasteiger partial charge is 0.356 e. The molecule has 132 valence electrons. The van der Waals surface area contributed by atoms with Gasteiger partial charge in [-0.15, -0.1) is 0 Å². The van der Waals surface area contributed by atoms with Gasteiger partial charge in [-0.3, -0.25) is 14.7 Å². The molecule has 0 saturated carbocycles. The molecule has 1 aromatic carbocycles. The summed E-state index contributed by atoms with van der Waals surface area (Å²) in [6.07, 6.45) is 6.03. The fraction of sp³-hybridized carbons (Fsp3) is 0.429. The number of aryl methyl sites for hydroxylation is 2. The Morgan fingerprint density at radius 1 is 1.24 bits per heavy atom. The number of nitrogens with one attached hydrogen (secondary N) is 1. The summed E-state index contributed by atoms with van der Waals surface area (Å²) in [6.45, 7) is 6.16. The molecular weight excluding hydrogens is 310 g/mol. The van der Waals surface area contributed by atoms with Crippen molar-refractivity contribution >= 4 is 5.91 Å². The van der Waals surface area contributed by atoms with E-state index in [2.05, 4.69) is 46.4 Å². The molecule has 1 amide bonds. The van der Waals surface area contributed by atoms with E-state index in [4.69, 9.17) is 0 Å². The molecule has 2 aromatic rings. The van der Waals surface area contributed by atoms with E-state index in [0.29, 0.717) is 12.3 Å². The average Bonchev–Trinajstić information content (AvgIpc) is 3.08. The molecule has 0 bridgehead atoms. The first-order valence-corrected chi connectivity index (χ1v) is 9.13. The molecule has 1 atom stereocenters. The molecular formula is C21H27N3O. The number of amides is 1. The Hall–Kier alpha value is -2.20. The van der Waals surface area contributed by atoms with Crippen LogP contribution in [-0.4, -0.2) is 35.4 Å². The molecule has 25 heavy (non-hydrogen) atoms. The highest BCUT2D eigenvalue weighted by Gasteiger charge is 2.23. The monoisotopic (exact) mass is 337 g/mol. The highest BCUT2D eigenvalue weighted by atomic mass is 16.1. The summed E-state index contributed by atoms with van der Waals surface area (Å²) in [6, 6.07) is 12.5. The summed E-state index contributed by atoms with van der Waals surface area (Å²) in [5.41, 5.74) is 3.93. The van der Waals surface area contributed by atoms with Gasteiger partial charge < -0.3 is 5.32 Å². The summed E-state index contributed by atoms with van der Waals surface area (Å²) in [7, 11) is 0. The van der Waals surface area contributed by atoms with Gasteiger partial charge in [0.15, 0.2) is 0 Å². The van der Waals surface area contributed by atoms with Gasteiger partial charge in [0.1, 0.15) is 0 Å². The number of hydrogen-bond donors (Lipinski definition) is 1. The summed E-state index contributed by atoms with van der Waals surface area (Å²) in [5, 5.41) is 3.11. The molecule has 0 unspecified atom stereocenters. The Morgan fingerprint density at radius 3 is 2.84 bits per heavy atom. The van der Waals surface area contributed by atoms with Gasteiger partial charge in [0.05, 0.1) is 0 Å². The topological polar surface area (TPSA) is 45.2 Å². The lowest BCUT2D eigenvalue weighted by molar-refractivity contribution is -0.121. The second-order valence-corrected chi connectivity index (χ2v) is 6.98. The second-order valence-electron chi connectivity index (χ2n) is 6.98. The van der Waals surface area contributed by atoms with Gasteiger partial charge in [0.2, 0.25) is 5.91 Å². The lowest BCUT2D eigenvalue weighted by Crippen LogP contribution is -2.31.